The minimum Gasteiger partial charge on any atom is -0.265 e. The Bertz CT molecular complexity index is 282. The molecule has 1 aromatic rings. The van der Waals surface area contributed by atoms with Gasteiger partial charge in [0.05, 0.1) is 0 Å². The van der Waals surface area contributed by atoms with E-state index in [0.717, 1.165) is 5.92 Å². The third-order valence-corrected chi connectivity index (χ3v) is 3.99. The van der Waals surface area contributed by atoms with E-state index in [0.29, 0.717) is 0 Å². The van der Waals surface area contributed by atoms with Crippen molar-refractivity contribution in [2.75, 3.05) is 0 Å². The van der Waals surface area contributed by atoms with Gasteiger partial charge in [0.25, 0.3) is 0 Å². The van der Waals surface area contributed by atoms with E-state index in [1.54, 1.807) is 0 Å². The van der Waals surface area contributed by atoms with E-state index in [4.69, 9.17) is 0 Å². The molecule has 0 amide bonds. The normalized spacial score (nSPS) is 11.1. The van der Waals surface area contributed by atoms with Gasteiger partial charge < -0.3 is 0 Å². The lowest BCUT2D eigenvalue weighted by Crippen LogP contribution is -2.00. The zero-order valence-corrected chi connectivity index (χ0v) is 12.9. The second-order valence-corrected chi connectivity index (χ2v) is 5.68. The Morgan fingerprint density at radius 2 is 1.32 bits per heavy atom. The van der Waals surface area contributed by atoms with Crippen LogP contribution in [0.4, 0.5) is 0 Å². The molecular weight excluding hydrogens is 230 g/mol. The van der Waals surface area contributed by atoms with Gasteiger partial charge in [-0.1, -0.05) is 65.2 Å². The molecule has 0 N–H and O–H groups in total. The van der Waals surface area contributed by atoms with Crippen molar-refractivity contribution >= 4 is 0 Å². The number of unbranched alkanes of at least 4 members (excludes halogenated alkanes) is 6. The van der Waals surface area contributed by atoms with Crippen LogP contribution in [-0.2, 0) is 0 Å². The second-order valence-electron chi connectivity index (χ2n) is 5.68. The van der Waals surface area contributed by atoms with Crippen LogP contribution < -0.4 is 0 Å². The minimum atomic E-state index is 0.761. The molecule has 0 radical (unpaired) electrons. The topological polar surface area (TPSA) is 12.9 Å². The summed E-state index contributed by atoms with van der Waals surface area (Å²) in [5.41, 5.74) is 1.50. The molecule has 0 fully saturated rings. The van der Waals surface area contributed by atoms with Crippen LogP contribution in [0.25, 0.3) is 0 Å². The van der Waals surface area contributed by atoms with Crippen LogP contribution >= 0.6 is 0 Å². The standard InChI is InChI=1S/C18H31N/c1-3-5-7-9-11-17(12-10-8-6-4-2)18-13-15-19-16-14-18/h13-17H,3-12H2,1-2H3. The maximum absolute atomic E-state index is 4.15. The summed E-state index contributed by atoms with van der Waals surface area (Å²) in [5, 5.41) is 0. The first kappa shape index (κ1) is 16.2. The summed E-state index contributed by atoms with van der Waals surface area (Å²) in [6, 6.07) is 4.43. The van der Waals surface area contributed by atoms with Crippen molar-refractivity contribution in [3.63, 3.8) is 0 Å². The highest BCUT2D eigenvalue weighted by molar-refractivity contribution is 5.15. The molecule has 0 unspecified atom stereocenters. The summed E-state index contributed by atoms with van der Waals surface area (Å²) in [6.45, 7) is 4.57. The van der Waals surface area contributed by atoms with Crippen molar-refractivity contribution < 1.29 is 0 Å². The molecule has 0 aliphatic heterocycles. The lowest BCUT2D eigenvalue weighted by molar-refractivity contribution is 0.496. The summed E-state index contributed by atoms with van der Waals surface area (Å²) in [6.07, 6.45) is 17.6. The van der Waals surface area contributed by atoms with Crippen molar-refractivity contribution in [2.45, 2.75) is 84.0 Å². The van der Waals surface area contributed by atoms with E-state index < -0.39 is 0 Å². The Morgan fingerprint density at radius 3 is 1.79 bits per heavy atom. The Labute approximate surface area is 119 Å². The summed E-state index contributed by atoms with van der Waals surface area (Å²) >= 11 is 0. The van der Waals surface area contributed by atoms with E-state index in [-0.39, 0.29) is 0 Å². The molecular formula is C18H31N. The van der Waals surface area contributed by atoms with Gasteiger partial charge in [0.15, 0.2) is 0 Å². The van der Waals surface area contributed by atoms with Crippen LogP contribution in [0.15, 0.2) is 24.5 Å². The highest BCUT2D eigenvalue weighted by Crippen LogP contribution is 2.28. The van der Waals surface area contributed by atoms with Crippen molar-refractivity contribution in [1.82, 2.24) is 4.98 Å². The highest BCUT2D eigenvalue weighted by Gasteiger charge is 2.10. The number of hydrogen-bond acceptors (Lipinski definition) is 1. The molecule has 1 aromatic heterocycles. The Morgan fingerprint density at radius 1 is 0.789 bits per heavy atom. The first-order valence-corrected chi connectivity index (χ1v) is 8.28. The molecule has 0 saturated carbocycles. The number of pyridine rings is 1. The molecule has 1 nitrogen and oxygen atoms in total. The van der Waals surface area contributed by atoms with Gasteiger partial charge in [0.2, 0.25) is 0 Å². The van der Waals surface area contributed by atoms with Gasteiger partial charge in [-0.15, -0.1) is 0 Å². The smallest absolute Gasteiger partial charge is 0.0270 e. The maximum atomic E-state index is 4.15. The lowest BCUT2D eigenvalue weighted by atomic mass is 9.89. The van der Waals surface area contributed by atoms with E-state index >= 15 is 0 Å². The van der Waals surface area contributed by atoms with E-state index in [2.05, 4.69) is 31.0 Å². The molecule has 108 valence electrons. The Hall–Kier alpha value is -0.850. The van der Waals surface area contributed by atoms with Crippen LogP contribution in [0.2, 0.25) is 0 Å². The maximum Gasteiger partial charge on any atom is 0.0270 e. The predicted octanol–water partition coefficient (Wildman–Crippen LogP) is 6.11. The lowest BCUT2D eigenvalue weighted by Gasteiger charge is -2.17. The molecule has 0 atom stereocenters. The minimum absolute atomic E-state index is 0.761. The Balaban J connectivity index is 2.39. The average Bonchev–Trinajstić information content (AvgIpc) is 2.46. The quantitative estimate of drug-likeness (QED) is 0.438. The van der Waals surface area contributed by atoms with Gasteiger partial charge in [-0.2, -0.15) is 0 Å². The third-order valence-electron chi connectivity index (χ3n) is 3.99. The molecule has 1 rings (SSSR count). The number of nitrogens with zero attached hydrogens (tertiary/aromatic N) is 1. The molecule has 0 bridgehead atoms. The molecule has 1 heteroatoms. The van der Waals surface area contributed by atoms with Gasteiger partial charge in [0, 0.05) is 12.4 Å². The number of aromatic nitrogens is 1. The van der Waals surface area contributed by atoms with Gasteiger partial charge >= 0.3 is 0 Å². The molecule has 0 spiro atoms. The van der Waals surface area contributed by atoms with Crippen molar-refractivity contribution in [2.24, 2.45) is 0 Å². The third kappa shape index (κ3) is 7.34. The molecule has 0 saturated heterocycles. The monoisotopic (exact) mass is 261 g/mol. The van der Waals surface area contributed by atoms with E-state index in [1.807, 2.05) is 12.4 Å². The van der Waals surface area contributed by atoms with Gasteiger partial charge in [-0.25, -0.2) is 0 Å². The molecule has 1 heterocycles. The van der Waals surface area contributed by atoms with E-state index in [9.17, 15) is 0 Å². The van der Waals surface area contributed by atoms with Crippen LogP contribution in [0.3, 0.4) is 0 Å². The zero-order valence-electron chi connectivity index (χ0n) is 12.9. The van der Waals surface area contributed by atoms with Gasteiger partial charge in [0.1, 0.15) is 0 Å². The zero-order chi connectivity index (χ0) is 13.8. The fraction of sp³-hybridized carbons (Fsp3) is 0.722. The molecule has 19 heavy (non-hydrogen) atoms. The van der Waals surface area contributed by atoms with Crippen LogP contribution in [0.5, 0.6) is 0 Å². The largest absolute Gasteiger partial charge is 0.265 e. The predicted molar refractivity (Wildman–Crippen MR) is 84.5 cm³/mol. The van der Waals surface area contributed by atoms with Gasteiger partial charge in [-0.3, -0.25) is 4.98 Å². The van der Waals surface area contributed by atoms with Crippen molar-refractivity contribution in [3.05, 3.63) is 30.1 Å². The molecule has 0 aliphatic carbocycles. The first-order valence-electron chi connectivity index (χ1n) is 8.28. The molecule has 0 aromatic carbocycles. The van der Waals surface area contributed by atoms with Crippen molar-refractivity contribution in [3.8, 4) is 0 Å². The van der Waals surface area contributed by atoms with Crippen LogP contribution in [0.1, 0.15) is 89.5 Å². The summed E-state index contributed by atoms with van der Waals surface area (Å²) in [5.74, 6) is 0.761. The average molecular weight is 261 g/mol. The van der Waals surface area contributed by atoms with Crippen LogP contribution in [-0.4, -0.2) is 4.98 Å². The highest BCUT2D eigenvalue weighted by atomic mass is 14.6. The Kier molecular flexibility index (Phi) is 9.40. The summed E-state index contributed by atoms with van der Waals surface area (Å²) in [4.78, 5) is 4.15. The van der Waals surface area contributed by atoms with E-state index in [1.165, 1.54) is 69.8 Å². The molecule has 0 aliphatic rings. The fourth-order valence-corrected chi connectivity index (χ4v) is 2.75. The number of hydrogen-bond donors (Lipinski definition) is 0. The SMILES string of the molecule is CCCCCCC(CCCCCC)c1ccncc1. The summed E-state index contributed by atoms with van der Waals surface area (Å²) < 4.78 is 0. The number of rotatable bonds is 11. The summed E-state index contributed by atoms with van der Waals surface area (Å²) in [7, 11) is 0. The van der Waals surface area contributed by atoms with Crippen LogP contribution in [0, 0.1) is 0 Å². The second kappa shape index (κ2) is 11.0. The fourth-order valence-electron chi connectivity index (χ4n) is 2.75. The first-order chi connectivity index (χ1) is 9.38. The van der Waals surface area contributed by atoms with Gasteiger partial charge in [-0.05, 0) is 36.5 Å². The van der Waals surface area contributed by atoms with Crippen molar-refractivity contribution in [1.29, 1.82) is 0 Å².